The predicted octanol–water partition coefficient (Wildman–Crippen LogP) is 2.59. The number of ether oxygens (including phenoxy) is 1. The molecule has 5 heteroatoms. The molecule has 0 amide bonds. The zero-order valence-corrected chi connectivity index (χ0v) is 11.9. The van der Waals surface area contributed by atoms with Crippen molar-refractivity contribution in [3.05, 3.63) is 28.8 Å². The maximum absolute atomic E-state index is 6.01. The van der Waals surface area contributed by atoms with Crippen LogP contribution < -0.4 is 10.6 Å². The Bertz CT molecular complexity index is 453. The molecule has 1 aliphatic heterocycles. The highest BCUT2D eigenvalue weighted by Crippen LogP contribution is 2.28. The third-order valence-electron chi connectivity index (χ3n) is 3.23. The van der Waals surface area contributed by atoms with Crippen molar-refractivity contribution in [3.63, 3.8) is 0 Å². The second-order valence-electron chi connectivity index (χ2n) is 4.36. The summed E-state index contributed by atoms with van der Waals surface area (Å²) >= 11 is 11.1. The Morgan fingerprint density at radius 3 is 3.06 bits per heavy atom. The smallest absolute Gasteiger partial charge is 0.106 e. The van der Waals surface area contributed by atoms with Crippen molar-refractivity contribution >= 4 is 34.5 Å². The van der Waals surface area contributed by atoms with E-state index in [1.807, 2.05) is 18.2 Å². The van der Waals surface area contributed by atoms with Gasteiger partial charge in [0.25, 0.3) is 0 Å². The molecule has 2 rings (SSSR count). The fourth-order valence-corrected chi connectivity index (χ4v) is 2.60. The molecule has 0 aromatic heterocycles. The topological polar surface area (TPSA) is 38.5 Å². The van der Waals surface area contributed by atoms with E-state index in [4.69, 9.17) is 34.3 Å². The average Bonchev–Trinajstić information content (AvgIpc) is 2.38. The zero-order valence-electron chi connectivity index (χ0n) is 10.4. The molecule has 0 spiro atoms. The normalized spacial score (nSPS) is 19.9. The lowest BCUT2D eigenvalue weighted by molar-refractivity contribution is 0.0930. The largest absolute Gasteiger partial charge is 0.389 e. The van der Waals surface area contributed by atoms with Gasteiger partial charge in [0, 0.05) is 22.8 Å². The Kier molecular flexibility index (Phi) is 4.43. The van der Waals surface area contributed by atoms with Crippen LogP contribution in [0.4, 0.5) is 5.69 Å². The molecule has 0 saturated carbocycles. The lowest BCUT2D eigenvalue weighted by Crippen LogP contribution is -2.46. The summed E-state index contributed by atoms with van der Waals surface area (Å²) in [4.78, 5) is 2.70. The molecule has 1 saturated heterocycles. The van der Waals surface area contributed by atoms with Crippen LogP contribution >= 0.6 is 23.8 Å². The van der Waals surface area contributed by atoms with E-state index in [-0.39, 0.29) is 0 Å². The fourth-order valence-electron chi connectivity index (χ4n) is 2.27. The van der Waals surface area contributed by atoms with E-state index < -0.39 is 0 Å². The van der Waals surface area contributed by atoms with Crippen molar-refractivity contribution < 1.29 is 4.74 Å². The van der Waals surface area contributed by atoms with Crippen molar-refractivity contribution in [2.45, 2.75) is 19.4 Å². The monoisotopic (exact) mass is 284 g/mol. The van der Waals surface area contributed by atoms with Gasteiger partial charge in [-0.2, -0.15) is 0 Å². The quantitative estimate of drug-likeness (QED) is 0.866. The summed E-state index contributed by atoms with van der Waals surface area (Å²) in [5.41, 5.74) is 7.69. The van der Waals surface area contributed by atoms with Gasteiger partial charge in [0.05, 0.1) is 19.3 Å². The van der Waals surface area contributed by atoms with Crippen LogP contribution in [0.15, 0.2) is 18.2 Å². The highest BCUT2D eigenvalue weighted by molar-refractivity contribution is 7.80. The molecule has 1 atom stereocenters. The number of morpholine rings is 1. The van der Waals surface area contributed by atoms with Crippen LogP contribution in [0.5, 0.6) is 0 Å². The number of nitrogens with two attached hydrogens (primary N) is 1. The molecule has 18 heavy (non-hydrogen) atoms. The Labute approximate surface area is 118 Å². The molecule has 0 aliphatic carbocycles. The van der Waals surface area contributed by atoms with E-state index in [1.165, 1.54) is 0 Å². The Morgan fingerprint density at radius 1 is 1.61 bits per heavy atom. The second-order valence-corrected chi connectivity index (χ2v) is 5.23. The minimum atomic E-state index is 0.369. The molecule has 1 aromatic carbocycles. The van der Waals surface area contributed by atoms with Crippen LogP contribution in [0.25, 0.3) is 0 Å². The van der Waals surface area contributed by atoms with E-state index in [0.717, 1.165) is 37.4 Å². The third kappa shape index (κ3) is 2.76. The van der Waals surface area contributed by atoms with Crippen LogP contribution in [0.2, 0.25) is 5.02 Å². The van der Waals surface area contributed by atoms with Gasteiger partial charge in [0.2, 0.25) is 0 Å². The van der Waals surface area contributed by atoms with Gasteiger partial charge in [-0.25, -0.2) is 0 Å². The van der Waals surface area contributed by atoms with Crippen molar-refractivity contribution in [2.24, 2.45) is 5.73 Å². The minimum Gasteiger partial charge on any atom is -0.389 e. The molecule has 0 bridgehead atoms. The Balaban J connectivity index is 2.39. The summed E-state index contributed by atoms with van der Waals surface area (Å²) in [5, 5.41) is 0.655. The highest BCUT2D eigenvalue weighted by Gasteiger charge is 2.24. The van der Waals surface area contributed by atoms with Crippen LogP contribution in [0, 0.1) is 0 Å². The molecule has 1 heterocycles. The molecule has 0 radical (unpaired) electrons. The number of nitrogens with zero attached hydrogens (tertiary/aromatic N) is 1. The van der Waals surface area contributed by atoms with E-state index in [2.05, 4.69) is 11.8 Å². The number of thiocarbonyl (C=S) groups is 1. The zero-order chi connectivity index (χ0) is 13.1. The first-order chi connectivity index (χ1) is 8.63. The Hall–Kier alpha value is -0.840. The number of halogens is 1. The van der Waals surface area contributed by atoms with Crippen molar-refractivity contribution in [1.82, 2.24) is 0 Å². The standard InChI is InChI=1S/C13H17ClN2OS/c1-2-10-8-17-6-5-16(10)12-4-3-9(14)7-11(12)13(15)18/h3-4,7,10H,2,5-6,8H2,1H3,(H2,15,18). The molecule has 1 fully saturated rings. The number of hydrogen-bond acceptors (Lipinski definition) is 3. The number of hydrogen-bond donors (Lipinski definition) is 1. The molecule has 3 nitrogen and oxygen atoms in total. The van der Waals surface area contributed by atoms with Crippen LogP contribution in [-0.2, 0) is 4.74 Å². The van der Waals surface area contributed by atoms with Crippen LogP contribution in [0.1, 0.15) is 18.9 Å². The SMILES string of the molecule is CCC1COCCN1c1ccc(Cl)cc1C(N)=S. The molecule has 2 N–H and O–H groups in total. The summed E-state index contributed by atoms with van der Waals surface area (Å²) in [6.07, 6.45) is 1.03. The minimum absolute atomic E-state index is 0.369. The average molecular weight is 285 g/mol. The number of anilines is 1. The maximum atomic E-state index is 6.01. The lowest BCUT2D eigenvalue weighted by atomic mass is 10.1. The fraction of sp³-hybridized carbons (Fsp3) is 0.462. The number of benzene rings is 1. The van der Waals surface area contributed by atoms with Gasteiger partial charge in [-0.3, -0.25) is 0 Å². The van der Waals surface area contributed by atoms with Crippen molar-refractivity contribution in [1.29, 1.82) is 0 Å². The first-order valence-corrected chi connectivity index (χ1v) is 6.86. The summed E-state index contributed by atoms with van der Waals surface area (Å²) < 4.78 is 5.52. The highest BCUT2D eigenvalue weighted by atomic mass is 35.5. The van der Waals surface area contributed by atoms with Gasteiger partial charge in [-0.15, -0.1) is 0 Å². The molecular formula is C13H17ClN2OS. The van der Waals surface area contributed by atoms with E-state index in [0.29, 0.717) is 16.1 Å². The summed E-state index contributed by atoms with van der Waals surface area (Å²) in [7, 11) is 0. The molecular weight excluding hydrogens is 268 g/mol. The summed E-state index contributed by atoms with van der Waals surface area (Å²) in [5.74, 6) is 0. The molecule has 1 aliphatic rings. The van der Waals surface area contributed by atoms with E-state index >= 15 is 0 Å². The van der Waals surface area contributed by atoms with Gasteiger partial charge in [-0.05, 0) is 24.6 Å². The van der Waals surface area contributed by atoms with Gasteiger partial charge in [-0.1, -0.05) is 30.7 Å². The molecule has 1 unspecified atom stereocenters. The molecule has 98 valence electrons. The predicted molar refractivity (Wildman–Crippen MR) is 79.6 cm³/mol. The Morgan fingerprint density at radius 2 is 2.39 bits per heavy atom. The molecule has 1 aromatic rings. The second kappa shape index (κ2) is 5.87. The summed E-state index contributed by atoms with van der Waals surface area (Å²) in [6, 6.07) is 6.07. The van der Waals surface area contributed by atoms with Crippen LogP contribution in [-0.4, -0.2) is 30.8 Å². The third-order valence-corrected chi connectivity index (χ3v) is 3.69. The van der Waals surface area contributed by atoms with Gasteiger partial charge < -0.3 is 15.4 Å². The van der Waals surface area contributed by atoms with Crippen molar-refractivity contribution in [3.8, 4) is 0 Å². The maximum Gasteiger partial charge on any atom is 0.106 e. The first-order valence-electron chi connectivity index (χ1n) is 6.07. The van der Waals surface area contributed by atoms with E-state index in [9.17, 15) is 0 Å². The number of rotatable bonds is 3. The van der Waals surface area contributed by atoms with E-state index in [1.54, 1.807) is 0 Å². The van der Waals surface area contributed by atoms with Crippen molar-refractivity contribution in [2.75, 3.05) is 24.7 Å². The van der Waals surface area contributed by atoms with Gasteiger partial charge in [0.1, 0.15) is 4.99 Å². The first kappa shape index (κ1) is 13.6. The summed E-state index contributed by atoms with van der Waals surface area (Å²) in [6.45, 7) is 4.49. The lowest BCUT2D eigenvalue weighted by Gasteiger charge is -2.38. The van der Waals surface area contributed by atoms with Gasteiger partial charge in [0.15, 0.2) is 0 Å². The van der Waals surface area contributed by atoms with Crippen LogP contribution in [0.3, 0.4) is 0 Å². The van der Waals surface area contributed by atoms with Gasteiger partial charge >= 0.3 is 0 Å².